The summed E-state index contributed by atoms with van der Waals surface area (Å²) in [5, 5.41) is 3.17. The molecule has 4 aliphatic carbocycles. The van der Waals surface area contributed by atoms with Crippen LogP contribution >= 0.6 is 0 Å². The van der Waals surface area contributed by atoms with Crippen LogP contribution in [0.3, 0.4) is 0 Å². The Labute approximate surface area is 118 Å². The molecule has 4 saturated carbocycles. The third-order valence-corrected chi connectivity index (χ3v) is 5.51. The van der Waals surface area contributed by atoms with Crippen molar-refractivity contribution in [3.8, 4) is 0 Å². The second-order valence-corrected chi connectivity index (χ2v) is 6.80. The summed E-state index contributed by atoms with van der Waals surface area (Å²) in [6, 6.07) is 3.09. The third-order valence-electron chi connectivity index (χ3n) is 5.51. The molecule has 4 bridgehead atoms. The summed E-state index contributed by atoms with van der Waals surface area (Å²) in [6.07, 6.45) is 7.82. The largest absolute Gasteiger partial charge is 0.349 e. The highest BCUT2D eigenvalue weighted by Crippen LogP contribution is 2.53. The van der Waals surface area contributed by atoms with Gasteiger partial charge in [-0.3, -0.25) is 4.79 Å². The van der Waals surface area contributed by atoms with Crippen LogP contribution in [-0.4, -0.2) is 16.9 Å². The number of amides is 1. The summed E-state index contributed by atoms with van der Waals surface area (Å²) >= 11 is 0. The topological polar surface area (TPSA) is 42.0 Å². The van der Waals surface area contributed by atoms with Gasteiger partial charge in [-0.2, -0.15) is 4.39 Å². The molecule has 0 unspecified atom stereocenters. The number of nitrogens with one attached hydrogen (secondary N) is 1. The van der Waals surface area contributed by atoms with E-state index in [0.29, 0.717) is 23.4 Å². The van der Waals surface area contributed by atoms with Gasteiger partial charge < -0.3 is 5.32 Å². The van der Waals surface area contributed by atoms with Gasteiger partial charge in [0.15, 0.2) is 0 Å². The number of hydrogen-bond donors (Lipinski definition) is 1. The van der Waals surface area contributed by atoms with Crippen molar-refractivity contribution < 1.29 is 9.18 Å². The molecule has 3 nitrogen and oxygen atoms in total. The molecule has 4 heteroatoms. The zero-order chi connectivity index (χ0) is 13.7. The van der Waals surface area contributed by atoms with Crippen LogP contribution in [0.5, 0.6) is 0 Å². The normalized spacial score (nSPS) is 38.0. The second kappa shape index (κ2) is 4.54. The van der Waals surface area contributed by atoms with Gasteiger partial charge in [0, 0.05) is 23.9 Å². The fraction of sp³-hybridized carbons (Fsp3) is 0.625. The van der Waals surface area contributed by atoms with Crippen molar-refractivity contribution in [1.29, 1.82) is 0 Å². The lowest BCUT2D eigenvalue weighted by Crippen LogP contribution is -2.55. The van der Waals surface area contributed by atoms with Crippen molar-refractivity contribution in [3.63, 3.8) is 0 Å². The van der Waals surface area contributed by atoms with Gasteiger partial charge in [0.2, 0.25) is 5.95 Å². The maximum atomic E-state index is 13.1. The molecule has 106 valence electrons. The van der Waals surface area contributed by atoms with E-state index in [1.165, 1.54) is 44.4 Å². The number of hydrogen-bond acceptors (Lipinski definition) is 2. The first-order valence-electron chi connectivity index (χ1n) is 7.61. The van der Waals surface area contributed by atoms with Crippen LogP contribution in [0.25, 0.3) is 0 Å². The highest BCUT2D eigenvalue weighted by Gasteiger charge is 2.48. The Bertz CT molecular complexity index is 517. The number of pyridine rings is 1. The molecule has 1 N–H and O–H groups in total. The number of aromatic nitrogens is 1. The van der Waals surface area contributed by atoms with Crippen molar-refractivity contribution in [1.82, 2.24) is 10.3 Å². The van der Waals surface area contributed by atoms with Crippen LogP contribution in [0, 0.1) is 29.6 Å². The first-order chi connectivity index (χ1) is 9.69. The Kier molecular flexibility index (Phi) is 2.79. The fourth-order valence-corrected chi connectivity index (χ4v) is 4.94. The quantitative estimate of drug-likeness (QED) is 0.843. The average Bonchev–Trinajstić information content (AvgIpc) is 2.42. The summed E-state index contributed by atoms with van der Waals surface area (Å²) in [5.74, 6) is 2.32. The Hall–Kier alpha value is -1.45. The van der Waals surface area contributed by atoms with Gasteiger partial charge in [0.1, 0.15) is 0 Å². The molecule has 0 aromatic carbocycles. The molecule has 0 saturated heterocycles. The van der Waals surface area contributed by atoms with Gasteiger partial charge in [0.05, 0.1) is 0 Å². The first-order valence-corrected chi connectivity index (χ1v) is 7.61. The highest BCUT2D eigenvalue weighted by atomic mass is 19.1. The molecular weight excluding hydrogens is 255 g/mol. The average molecular weight is 274 g/mol. The number of carbonyl (C=O) groups excluding carboxylic acids is 1. The van der Waals surface area contributed by atoms with E-state index in [1.54, 1.807) is 6.07 Å². The molecule has 4 aliphatic rings. The summed E-state index contributed by atoms with van der Waals surface area (Å²) in [7, 11) is 0. The van der Waals surface area contributed by atoms with Gasteiger partial charge in [-0.15, -0.1) is 0 Å². The van der Waals surface area contributed by atoms with E-state index in [1.807, 2.05) is 0 Å². The van der Waals surface area contributed by atoms with Gasteiger partial charge >= 0.3 is 0 Å². The first kappa shape index (κ1) is 12.3. The summed E-state index contributed by atoms with van der Waals surface area (Å²) < 4.78 is 13.1. The van der Waals surface area contributed by atoms with E-state index in [4.69, 9.17) is 0 Å². The van der Waals surface area contributed by atoms with Crippen molar-refractivity contribution in [2.45, 2.75) is 38.1 Å². The molecule has 5 rings (SSSR count). The highest BCUT2D eigenvalue weighted by molar-refractivity contribution is 5.94. The Morgan fingerprint density at radius 1 is 1.15 bits per heavy atom. The summed E-state index contributed by atoms with van der Waals surface area (Å²) in [4.78, 5) is 15.8. The van der Waals surface area contributed by atoms with Crippen molar-refractivity contribution in [3.05, 3.63) is 29.8 Å². The van der Waals surface area contributed by atoms with Crippen LogP contribution < -0.4 is 5.32 Å². The molecule has 0 aliphatic heterocycles. The monoisotopic (exact) mass is 274 g/mol. The maximum Gasteiger partial charge on any atom is 0.251 e. The van der Waals surface area contributed by atoms with E-state index in [-0.39, 0.29) is 5.91 Å². The van der Waals surface area contributed by atoms with E-state index < -0.39 is 5.95 Å². The summed E-state index contributed by atoms with van der Waals surface area (Å²) in [5.41, 5.74) is 0.381. The van der Waals surface area contributed by atoms with Crippen LogP contribution in [-0.2, 0) is 0 Å². The SMILES string of the molecule is O=C(NC1C2CC3CC(C2)CC1C3)c1ccnc(F)c1. The molecule has 1 amide bonds. The molecule has 0 atom stereocenters. The predicted octanol–water partition coefficient (Wildman–Crippen LogP) is 2.78. The number of carbonyl (C=O) groups is 1. The number of nitrogens with zero attached hydrogens (tertiary/aromatic N) is 1. The molecule has 4 fully saturated rings. The van der Waals surface area contributed by atoms with Crippen LogP contribution in [0.4, 0.5) is 4.39 Å². The lowest BCUT2D eigenvalue weighted by atomic mass is 9.54. The second-order valence-electron chi connectivity index (χ2n) is 6.80. The Morgan fingerprint density at radius 2 is 1.80 bits per heavy atom. The van der Waals surface area contributed by atoms with Crippen LogP contribution in [0.1, 0.15) is 42.5 Å². The van der Waals surface area contributed by atoms with Gasteiger partial charge in [0.25, 0.3) is 5.91 Å². The minimum Gasteiger partial charge on any atom is -0.349 e. The van der Waals surface area contributed by atoms with Gasteiger partial charge in [-0.1, -0.05) is 0 Å². The zero-order valence-corrected chi connectivity index (χ0v) is 11.4. The molecule has 1 aromatic rings. The van der Waals surface area contributed by atoms with E-state index >= 15 is 0 Å². The van der Waals surface area contributed by atoms with Crippen molar-refractivity contribution in [2.75, 3.05) is 0 Å². The lowest BCUT2D eigenvalue weighted by Gasteiger charge is -2.54. The van der Waals surface area contributed by atoms with Gasteiger partial charge in [-0.25, -0.2) is 4.98 Å². The Morgan fingerprint density at radius 3 is 2.40 bits per heavy atom. The third kappa shape index (κ3) is 2.02. The van der Waals surface area contributed by atoms with E-state index in [0.717, 1.165) is 11.8 Å². The molecular formula is C16H19FN2O. The van der Waals surface area contributed by atoms with Gasteiger partial charge in [-0.05, 0) is 61.8 Å². The molecule has 1 aromatic heterocycles. The number of rotatable bonds is 2. The van der Waals surface area contributed by atoms with Crippen LogP contribution in [0.15, 0.2) is 18.3 Å². The van der Waals surface area contributed by atoms with E-state index in [2.05, 4.69) is 10.3 Å². The van der Waals surface area contributed by atoms with Crippen LogP contribution in [0.2, 0.25) is 0 Å². The lowest BCUT2D eigenvalue weighted by molar-refractivity contribution is -0.0119. The fourth-order valence-electron chi connectivity index (χ4n) is 4.94. The molecule has 0 radical (unpaired) electrons. The molecule has 0 spiro atoms. The zero-order valence-electron chi connectivity index (χ0n) is 11.4. The van der Waals surface area contributed by atoms with E-state index in [9.17, 15) is 9.18 Å². The maximum absolute atomic E-state index is 13.1. The smallest absolute Gasteiger partial charge is 0.251 e. The predicted molar refractivity (Wildman–Crippen MR) is 72.5 cm³/mol. The molecule has 20 heavy (non-hydrogen) atoms. The minimum atomic E-state index is -0.595. The molecule has 1 heterocycles. The summed E-state index contributed by atoms with van der Waals surface area (Å²) in [6.45, 7) is 0. The van der Waals surface area contributed by atoms with Crippen molar-refractivity contribution >= 4 is 5.91 Å². The number of halogens is 1. The van der Waals surface area contributed by atoms with Crippen molar-refractivity contribution in [2.24, 2.45) is 23.7 Å². The minimum absolute atomic E-state index is 0.149. The standard InChI is InChI=1S/C16H19FN2O/c17-14-8-11(1-2-18-14)16(20)19-15-12-4-9-3-10(6-12)7-13(15)5-9/h1-2,8-10,12-13,15H,3-7H2,(H,19,20). The Balaban J connectivity index is 1.50.